The van der Waals surface area contributed by atoms with Gasteiger partial charge in [0.1, 0.15) is 0 Å². The van der Waals surface area contributed by atoms with Crippen LogP contribution in [-0.2, 0) is 16.8 Å². The minimum Gasteiger partial charge on any atom is -0.481 e. The Morgan fingerprint density at radius 2 is 2.17 bits per heavy atom. The van der Waals surface area contributed by atoms with Crippen LogP contribution < -0.4 is 0 Å². The van der Waals surface area contributed by atoms with E-state index in [9.17, 15) is 9.90 Å². The smallest absolute Gasteiger partial charge is 0.314 e. The minimum absolute atomic E-state index is 0.122. The second-order valence-electron chi connectivity index (χ2n) is 4.77. The third-order valence-corrected chi connectivity index (χ3v) is 3.74. The number of aromatic nitrogens is 2. The number of aliphatic carboxylic acids is 1. The van der Waals surface area contributed by atoms with E-state index < -0.39 is 11.4 Å². The molecule has 1 saturated carbocycles. The molecule has 4 heteroatoms. The Labute approximate surface area is 105 Å². The fourth-order valence-corrected chi connectivity index (χ4v) is 2.66. The lowest BCUT2D eigenvalue weighted by Crippen LogP contribution is -2.24. The van der Waals surface area contributed by atoms with Gasteiger partial charge >= 0.3 is 5.97 Å². The van der Waals surface area contributed by atoms with Gasteiger partial charge in [-0.15, -0.1) is 0 Å². The fourth-order valence-electron chi connectivity index (χ4n) is 2.66. The van der Waals surface area contributed by atoms with Crippen LogP contribution in [-0.4, -0.2) is 20.9 Å². The largest absolute Gasteiger partial charge is 0.481 e. The van der Waals surface area contributed by atoms with E-state index in [1.807, 2.05) is 42.6 Å². The molecule has 0 bridgehead atoms. The molecule has 92 valence electrons. The standard InChI is InChI=1S/C14H14N2O2/c17-13(18)14(11-5-2-1-3-6-11)9-12(14)10-16-8-4-7-15-16/h1-8,12H,9-10H2,(H,17,18)/t12-,14+/m0/s1. The molecule has 0 saturated heterocycles. The number of carbonyl (C=O) groups is 1. The molecule has 0 radical (unpaired) electrons. The van der Waals surface area contributed by atoms with Gasteiger partial charge in [-0.05, 0) is 18.1 Å². The average molecular weight is 242 g/mol. The second kappa shape index (κ2) is 3.98. The molecule has 1 heterocycles. The molecule has 0 spiro atoms. The minimum atomic E-state index is -0.731. The highest BCUT2D eigenvalue weighted by molar-refractivity contribution is 5.85. The molecule has 1 aromatic heterocycles. The van der Waals surface area contributed by atoms with Gasteiger partial charge in [-0.3, -0.25) is 9.48 Å². The summed E-state index contributed by atoms with van der Waals surface area (Å²) in [5.74, 6) is -0.608. The zero-order chi connectivity index (χ0) is 12.6. The Morgan fingerprint density at radius 3 is 2.78 bits per heavy atom. The van der Waals surface area contributed by atoms with E-state index in [0.29, 0.717) is 13.0 Å². The van der Waals surface area contributed by atoms with Crippen LogP contribution in [0.2, 0.25) is 0 Å². The molecule has 1 N–H and O–H groups in total. The Bertz CT molecular complexity index is 550. The fraction of sp³-hybridized carbons (Fsp3) is 0.286. The van der Waals surface area contributed by atoms with E-state index in [0.717, 1.165) is 5.56 Å². The number of nitrogens with zero attached hydrogens (tertiary/aromatic N) is 2. The molecule has 18 heavy (non-hydrogen) atoms. The lowest BCUT2D eigenvalue weighted by molar-refractivity contribution is -0.140. The van der Waals surface area contributed by atoms with E-state index in [-0.39, 0.29) is 5.92 Å². The van der Waals surface area contributed by atoms with Gasteiger partial charge in [0.2, 0.25) is 0 Å². The number of hydrogen-bond acceptors (Lipinski definition) is 2. The van der Waals surface area contributed by atoms with Crippen LogP contribution in [0.4, 0.5) is 0 Å². The Hall–Kier alpha value is -2.10. The van der Waals surface area contributed by atoms with E-state index in [2.05, 4.69) is 5.10 Å². The molecule has 1 fully saturated rings. The molecule has 1 aliphatic carbocycles. The van der Waals surface area contributed by atoms with E-state index in [4.69, 9.17) is 0 Å². The predicted molar refractivity (Wildman–Crippen MR) is 66.1 cm³/mol. The van der Waals surface area contributed by atoms with Crippen LogP contribution in [0.5, 0.6) is 0 Å². The summed E-state index contributed by atoms with van der Waals surface area (Å²) in [7, 11) is 0. The first kappa shape index (κ1) is 11.0. The maximum atomic E-state index is 11.6. The van der Waals surface area contributed by atoms with Crippen LogP contribution in [0, 0.1) is 5.92 Å². The van der Waals surface area contributed by atoms with Gasteiger partial charge in [0, 0.05) is 24.9 Å². The first-order valence-electron chi connectivity index (χ1n) is 6.00. The molecular formula is C14H14N2O2. The van der Waals surface area contributed by atoms with Crippen LogP contribution in [0.3, 0.4) is 0 Å². The highest BCUT2D eigenvalue weighted by Gasteiger charge is 2.61. The van der Waals surface area contributed by atoms with Gasteiger partial charge in [-0.25, -0.2) is 0 Å². The third-order valence-electron chi connectivity index (χ3n) is 3.74. The van der Waals surface area contributed by atoms with Crippen LogP contribution >= 0.6 is 0 Å². The number of carboxylic acid groups (broad SMARTS) is 1. The van der Waals surface area contributed by atoms with Crippen LogP contribution in [0.15, 0.2) is 48.8 Å². The first-order valence-corrected chi connectivity index (χ1v) is 6.00. The molecule has 0 amide bonds. The summed E-state index contributed by atoms with van der Waals surface area (Å²) in [4.78, 5) is 11.6. The summed E-state index contributed by atoms with van der Waals surface area (Å²) in [5.41, 5.74) is 0.183. The summed E-state index contributed by atoms with van der Waals surface area (Å²) < 4.78 is 1.80. The number of hydrogen-bond donors (Lipinski definition) is 1. The van der Waals surface area contributed by atoms with E-state index >= 15 is 0 Å². The summed E-state index contributed by atoms with van der Waals surface area (Å²) in [6.45, 7) is 0.661. The predicted octanol–water partition coefficient (Wildman–Crippen LogP) is 1.93. The lowest BCUT2D eigenvalue weighted by Gasteiger charge is -2.12. The zero-order valence-corrected chi connectivity index (χ0v) is 9.86. The van der Waals surface area contributed by atoms with Gasteiger partial charge in [0.25, 0.3) is 0 Å². The SMILES string of the molecule is O=C(O)[C@@]1(c2ccccc2)C[C@H]1Cn1cccn1. The second-order valence-corrected chi connectivity index (χ2v) is 4.77. The van der Waals surface area contributed by atoms with Gasteiger partial charge in [-0.2, -0.15) is 5.10 Å². The van der Waals surface area contributed by atoms with Crippen molar-refractivity contribution in [1.29, 1.82) is 0 Å². The third kappa shape index (κ3) is 1.61. The Morgan fingerprint density at radius 1 is 1.39 bits per heavy atom. The Balaban J connectivity index is 1.86. The maximum absolute atomic E-state index is 11.6. The van der Waals surface area contributed by atoms with Gasteiger partial charge < -0.3 is 5.11 Å². The van der Waals surface area contributed by atoms with Crippen molar-refractivity contribution in [3.05, 3.63) is 54.4 Å². The van der Waals surface area contributed by atoms with Gasteiger partial charge in [0.05, 0.1) is 5.41 Å². The maximum Gasteiger partial charge on any atom is 0.314 e. The van der Waals surface area contributed by atoms with Crippen LogP contribution in [0.1, 0.15) is 12.0 Å². The number of benzene rings is 1. The molecule has 3 rings (SSSR count). The molecular weight excluding hydrogens is 228 g/mol. The molecule has 2 atom stereocenters. The summed E-state index contributed by atoms with van der Waals surface area (Å²) in [6.07, 6.45) is 4.27. The molecule has 1 aromatic carbocycles. The van der Waals surface area contributed by atoms with Crippen molar-refractivity contribution >= 4 is 5.97 Å². The molecule has 1 aliphatic rings. The molecule has 0 aliphatic heterocycles. The van der Waals surface area contributed by atoms with Crippen molar-refractivity contribution in [3.8, 4) is 0 Å². The zero-order valence-electron chi connectivity index (χ0n) is 9.86. The van der Waals surface area contributed by atoms with E-state index in [1.165, 1.54) is 0 Å². The lowest BCUT2D eigenvalue weighted by atomic mass is 9.93. The quantitative estimate of drug-likeness (QED) is 0.891. The monoisotopic (exact) mass is 242 g/mol. The molecule has 0 unspecified atom stereocenters. The van der Waals surface area contributed by atoms with Crippen molar-refractivity contribution in [2.75, 3.05) is 0 Å². The van der Waals surface area contributed by atoms with Crippen molar-refractivity contribution in [1.82, 2.24) is 9.78 Å². The molecule has 4 nitrogen and oxygen atoms in total. The summed E-state index contributed by atoms with van der Waals surface area (Å²) in [5, 5.41) is 13.7. The topological polar surface area (TPSA) is 55.1 Å². The van der Waals surface area contributed by atoms with Crippen LogP contribution in [0.25, 0.3) is 0 Å². The van der Waals surface area contributed by atoms with Gasteiger partial charge in [0.15, 0.2) is 0 Å². The van der Waals surface area contributed by atoms with E-state index in [1.54, 1.807) is 10.9 Å². The number of carboxylic acids is 1. The van der Waals surface area contributed by atoms with Gasteiger partial charge in [-0.1, -0.05) is 30.3 Å². The highest BCUT2D eigenvalue weighted by Crippen LogP contribution is 2.55. The summed E-state index contributed by atoms with van der Waals surface area (Å²) >= 11 is 0. The summed E-state index contributed by atoms with van der Waals surface area (Å²) in [6, 6.07) is 11.3. The van der Waals surface area contributed by atoms with Crippen molar-refractivity contribution in [2.45, 2.75) is 18.4 Å². The number of rotatable bonds is 4. The highest BCUT2D eigenvalue weighted by atomic mass is 16.4. The van der Waals surface area contributed by atoms with Crippen molar-refractivity contribution in [2.24, 2.45) is 5.92 Å². The van der Waals surface area contributed by atoms with Crippen molar-refractivity contribution in [3.63, 3.8) is 0 Å². The average Bonchev–Trinajstić information content (AvgIpc) is 2.87. The Kier molecular flexibility index (Phi) is 2.44. The normalized spacial score (nSPS) is 25.9. The first-order chi connectivity index (χ1) is 8.73. The van der Waals surface area contributed by atoms with Crippen molar-refractivity contribution < 1.29 is 9.90 Å². The molecule has 2 aromatic rings.